The van der Waals surface area contributed by atoms with E-state index in [-0.39, 0.29) is 17.3 Å². The zero-order valence-electron chi connectivity index (χ0n) is 11.9. The Morgan fingerprint density at radius 1 is 1.55 bits per heavy atom. The third-order valence-electron chi connectivity index (χ3n) is 3.25. The van der Waals surface area contributed by atoms with Gasteiger partial charge in [-0.05, 0) is 19.9 Å². The summed E-state index contributed by atoms with van der Waals surface area (Å²) in [5.41, 5.74) is 0.650. The van der Waals surface area contributed by atoms with Gasteiger partial charge in [-0.15, -0.1) is 0 Å². The smallest absolute Gasteiger partial charge is 0.336 e. The molecule has 0 aliphatic carbocycles. The molecule has 0 heterocycles. The first-order valence-electron chi connectivity index (χ1n) is 6.03. The van der Waals surface area contributed by atoms with Crippen LogP contribution in [0.25, 0.3) is 0 Å². The second kappa shape index (κ2) is 6.33. The van der Waals surface area contributed by atoms with Gasteiger partial charge in [0.15, 0.2) is 0 Å². The summed E-state index contributed by atoms with van der Waals surface area (Å²) in [6.07, 6.45) is 0. The Balaban J connectivity index is 3.37. The third-order valence-corrected chi connectivity index (χ3v) is 3.25. The van der Waals surface area contributed by atoms with E-state index in [9.17, 15) is 14.9 Å². The van der Waals surface area contributed by atoms with E-state index in [0.717, 1.165) is 6.07 Å². The second-order valence-electron chi connectivity index (χ2n) is 4.62. The summed E-state index contributed by atoms with van der Waals surface area (Å²) >= 11 is 0. The largest absolute Gasteiger partial charge is 0.478 e. The summed E-state index contributed by atoms with van der Waals surface area (Å²) in [5, 5.41) is 20.1. The molecule has 0 saturated heterocycles. The van der Waals surface area contributed by atoms with Crippen molar-refractivity contribution in [3.63, 3.8) is 0 Å². The number of hydrogen-bond acceptors (Lipinski definition) is 5. The lowest BCUT2D eigenvalue weighted by molar-refractivity contribution is -0.385. The minimum absolute atomic E-state index is 0.0395. The van der Waals surface area contributed by atoms with Crippen molar-refractivity contribution in [3.8, 4) is 0 Å². The molecule has 0 bridgehead atoms. The van der Waals surface area contributed by atoms with Gasteiger partial charge >= 0.3 is 5.97 Å². The van der Waals surface area contributed by atoms with E-state index in [1.165, 1.54) is 6.07 Å². The van der Waals surface area contributed by atoms with Crippen LogP contribution in [0.15, 0.2) is 12.1 Å². The molecule has 0 aliphatic heterocycles. The predicted octanol–water partition coefficient (Wildman–Crippen LogP) is 2.07. The van der Waals surface area contributed by atoms with Crippen molar-refractivity contribution in [2.45, 2.75) is 19.9 Å². The molecule has 7 heteroatoms. The zero-order valence-corrected chi connectivity index (χ0v) is 11.9. The van der Waals surface area contributed by atoms with Gasteiger partial charge in [0.1, 0.15) is 0 Å². The fraction of sp³-hybridized carbons (Fsp3) is 0.462. The van der Waals surface area contributed by atoms with Gasteiger partial charge in [0, 0.05) is 32.0 Å². The molecule has 1 aromatic rings. The molecule has 1 aromatic carbocycles. The Kier molecular flexibility index (Phi) is 5.04. The number of rotatable bonds is 6. The number of aromatic carboxylic acids is 1. The van der Waals surface area contributed by atoms with E-state index < -0.39 is 10.9 Å². The number of nitro benzene ring substituents is 1. The number of nitrogens with zero attached hydrogens (tertiary/aromatic N) is 2. The fourth-order valence-electron chi connectivity index (χ4n) is 1.95. The molecule has 7 nitrogen and oxygen atoms in total. The maximum atomic E-state index is 11.1. The maximum absolute atomic E-state index is 11.1. The Labute approximate surface area is 116 Å². The highest BCUT2D eigenvalue weighted by Crippen LogP contribution is 2.31. The van der Waals surface area contributed by atoms with Crippen LogP contribution >= 0.6 is 0 Å². The molecule has 20 heavy (non-hydrogen) atoms. The van der Waals surface area contributed by atoms with Crippen LogP contribution in [-0.4, -0.2) is 42.8 Å². The van der Waals surface area contributed by atoms with Crippen LogP contribution in [0.5, 0.6) is 0 Å². The number of carbonyl (C=O) groups is 1. The highest BCUT2D eigenvalue weighted by Gasteiger charge is 2.22. The molecular weight excluding hydrogens is 264 g/mol. The monoisotopic (exact) mass is 282 g/mol. The normalized spacial score (nSPS) is 12.0. The number of benzene rings is 1. The number of carboxylic acids is 1. The lowest BCUT2D eigenvalue weighted by Gasteiger charge is -2.28. The van der Waals surface area contributed by atoms with Crippen LogP contribution < -0.4 is 4.90 Å². The molecule has 0 aliphatic rings. The summed E-state index contributed by atoms with van der Waals surface area (Å²) in [4.78, 5) is 23.3. The average Bonchev–Trinajstić information content (AvgIpc) is 2.37. The Morgan fingerprint density at radius 2 is 2.15 bits per heavy atom. The van der Waals surface area contributed by atoms with Crippen molar-refractivity contribution in [2.24, 2.45) is 0 Å². The van der Waals surface area contributed by atoms with Gasteiger partial charge in [0.25, 0.3) is 5.69 Å². The van der Waals surface area contributed by atoms with Gasteiger partial charge in [0.2, 0.25) is 0 Å². The summed E-state index contributed by atoms with van der Waals surface area (Å²) in [5.74, 6) is -1.19. The first kappa shape index (κ1) is 15.9. The van der Waals surface area contributed by atoms with Crippen molar-refractivity contribution in [2.75, 3.05) is 25.7 Å². The second-order valence-corrected chi connectivity index (χ2v) is 4.62. The number of hydrogen-bond donors (Lipinski definition) is 1. The van der Waals surface area contributed by atoms with Crippen LogP contribution in [-0.2, 0) is 4.74 Å². The van der Waals surface area contributed by atoms with E-state index in [0.29, 0.717) is 17.9 Å². The molecule has 0 saturated carbocycles. The number of nitro groups is 1. The van der Waals surface area contributed by atoms with Crippen molar-refractivity contribution >= 4 is 17.3 Å². The van der Waals surface area contributed by atoms with Gasteiger partial charge in [-0.25, -0.2) is 4.79 Å². The van der Waals surface area contributed by atoms with E-state index in [1.54, 1.807) is 26.0 Å². The van der Waals surface area contributed by atoms with E-state index in [4.69, 9.17) is 9.84 Å². The molecular formula is C13H18N2O5. The fourth-order valence-corrected chi connectivity index (χ4v) is 1.95. The quantitative estimate of drug-likeness (QED) is 0.634. The van der Waals surface area contributed by atoms with Gasteiger partial charge in [-0.3, -0.25) is 10.1 Å². The third kappa shape index (κ3) is 3.24. The van der Waals surface area contributed by atoms with Gasteiger partial charge in [-0.2, -0.15) is 0 Å². The highest BCUT2D eigenvalue weighted by molar-refractivity contribution is 5.90. The van der Waals surface area contributed by atoms with Gasteiger partial charge < -0.3 is 14.7 Å². The van der Waals surface area contributed by atoms with E-state index in [1.807, 2.05) is 6.92 Å². The lowest BCUT2D eigenvalue weighted by Crippen LogP contribution is -2.33. The van der Waals surface area contributed by atoms with E-state index >= 15 is 0 Å². The van der Waals surface area contributed by atoms with E-state index in [2.05, 4.69) is 0 Å². The van der Waals surface area contributed by atoms with Crippen LogP contribution in [0.3, 0.4) is 0 Å². The van der Waals surface area contributed by atoms with Crippen molar-refractivity contribution in [1.29, 1.82) is 0 Å². The minimum atomic E-state index is -1.19. The Bertz CT molecular complexity index is 530. The van der Waals surface area contributed by atoms with Crippen molar-refractivity contribution in [1.82, 2.24) is 0 Å². The number of ether oxygens (including phenoxy) is 1. The molecule has 1 rings (SSSR count). The molecule has 110 valence electrons. The van der Waals surface area contributed by atoms with Crippen molar-refractivity contribution < 1.29 is 19.6 Å². The Hall–Kier alpha value is -2.15. The van der Waals surface area contributed by atoms with Crippen LogP contribution in [0.1, 0.15) is 22.8 Å². The average molecular weight is 282 g/mol. The molecule has 1 atom stereocenters. The van der Waals surface area contributed by atoms with Gasteiger partial charge in [0.05, 0.1) is 22.7 Å². The summed E-state index contributed by atoms with van der Waals surface area (Å²) in [6.45, 7) is 3.93. The van der Waals surface area contributed by atoms with Crippen LogP contribution in [0, 0.1) is 17.0 Å². The number of carboxylic acid groups (broad SMARTS) is 1. The maximum Gasteiger partial charge on any atom is 0.336 e. The number of methoxy groups -OCH3 is 1. The molecule has 0 aromatic heterocycles. The topological polar surface area (TPSA) is 92.9 Å². The molecule has 0 fully saturated rings. The first-order chi connectivity index (χ1) is 9.29. The minimum Gasteiger partial charge on any atom is -0.478 e. The molecule has 1 unspecified atom stereocenters. The molecule has 1 N–H and O–H groups in total. The molecule has 0 spiro atoms. The van der Waals surface area contributed by atoms with Crippen LogP contribution in [0.4, 0.5) is 11.4 Å². The summed E-state index contributed by atoms with van der Waals surface area (Å²) in [6, 6.07) is 2.48. The summed E-state index contributed by atoms with van der Waals surface area (Å²) < 4.78 is 5.05. The van der Waals surface area contributed by atoms with Crippen LogP contribution in [0.2, 0.25) is 0 Å². The standard InChI is InChI=1S/C13H18N2O5/c1-8(7-20-4)14(3)11-5-10(13(16)17)6-12(9(11)2)15(18)19/h5-6,8H,7H2,1-4H3,(H,16,17). The SMILES string of the molecule is COCC(C)N(C)c1cc(C(=O)O)cc([N+](=O)[O-])c1C. The lowest BCUT2D eigenvalue weighted by atomic mass is 10.1. The number of anilines is 1. The highest BCUT2D eigenvalue weighted by atomic mass is 16.6. The van der Waals surface area contributed by atoms with Gasteiger partial charge in [-0.1, -0.05) is 0 Å². The van der Waals surface area contributed by atoms with Crippen molar-refractivity contribution in [3.05, 3.63) is 33.4 Å². The predicted molar refractivity (Wildman–Crippen MR) is 74.5 cm³/mol. The molecule has 0 radical (unpaired) electrons. The first-order valence-corrected chi connectivity index (χ1v) is 6.03. The Morgan fingerprint density at radius 3 is 2.60 bits per heavy atom. The summed E-state index contributed by atoms with van der Waals surface area (Å²) in [7, 11) is 3.31. The molecule has 0 amide bonds. The number of likely N-dealkylation sites (N-methyl/N-ethyl adjacent to an activating group) is 1. The zero-order chi connectivity index (χ0) is 15.4.